The van der Waals surface area contributed by atoms with Gasteiger partial charge in [0.25, 0.3) is 11.7 Å². The summed E-state index contributed by atoms with van der Waals surface area (Å²) in [4.78, 5) is 37.8. The van der Waals surface area contributed by atoms with Gasteiger partial charge in [-0.1, -0.05) is 35.7 Å². The van der Waals surface area contributed by atoms with Gasteiger partial charge in [-0.15, -0.1) is 0 Å². The molecule has 1 amide bonds. The average molecular weight is 480 g/mol. The Labute approximate surface area is 193 Å². The lowest BCUT2D eigenvalue weighted by Crippen LogP contribution is -2.30. The molecule has 0 radical (unpaired) electrons. The second kappa shape index (κ2) is 10.1. The maximum absolute atomic E-state index is 13.3. The Kier molecular flexibility index (Phi) is 7.53. The molecule has 1 aliphatic heterocycles. The van der Waals surface area contributed by atoms with Gasteiger partial charge >= 0.3 is 5.97 Å². The van der Waals surface area contributed by atoms with E-state index in [9.17, 15) is 23.9 Å². The van der Waals surface area contributed by atoms with Gasteiger partial charge in [0, 0.05) is 28.6 Å². The molecule has 0 aliphatic carbocycles. The number of carbonyl (C=O) groups excluding carboxylic acids is 2. The van der Waals surface area contributed by atoms with Crippen molar-refractivity contribution >= 4 is 46.6 Å². The first-order chi connectivity index (χ1) is 15.2. The molecule has 0 aromatic heterocycles. The minimum atomic E-state index is -0.968. The fraction of sp³-hybridized carbons (Fsp3) is 0.261. The number of aliphatic hydroxyl groups is 1. The molecule has 2 aromatic carbocycles. The molecule has 32 heavy (non-hydrogen) atoms. The van der Waals surface area contributed by atoms with Crippen molar-refractivity contribution in [2.24, 2.45) is 0 Å². The summed E-state index contributed by atoms with van der Waals surface area (Å²) in [5.41, 5.74) is 0.432. The first-order valence-corrected chi connectivity index (χ1v) is 10.7. The molecule has 1 heterocycles. The normalized spacial score (nSPS) is 17.7. The van der Waals surface area contributed by atoms with Gasteiger partial charge in [0.15, 0.2) is 0 Å². The molecule has 0 spiro atoms. The monoisotopic (exact) mass is 479 g/mol. The van der Waals surface area contributed by atoms with E-state index in [1.807, 2.05) is 0 Å². The van der Waals surface area contributed by atoms with Crippen molar-refractivity contribution in [2.75, 3.05) is 6.54 Å². The van der Waals surface area contributed by atoms with Crippen molar-refractivity contribution in [1.82, 2.24) is 4.90 Å². The minimum Gasteiger partial charge on any atom is -0.507 e. The van der Waals surface area contributed by atoms with E-state index in [0.29, 0.717) is 29.8 Å². The molecule has 9 heteroatoms. The topological polar surface area (TPSA) is 94.9 Å². The molecule has 1 saturated heterocycles. The van der Waals surface area contributed by atoms with Crippen LogP contribution < -0.4 is 0 Å². The Morgan fingerprint density at radius 3 is 2.31 bits per heavy atom. The van der Waals surface area contributed by atoms with Gasteiger partial charge in [-0.2, -0.15) is 0 Å². The highest BCUT2D eigenvalue weighted by Crippen LogP contribution is 2.42. The zero-order valence-electron chi connectivity index (χ0n) is 16.9. The van der Waals surface area contributed by atoms with Crippen LogP contribution in [0.5, 0.6) is 0 Å². The molecular formula is C23H20Cl2FNO5. The van der Waals surface area contributed by atoms with E-state index in [2.05, 4.69) is 0 Å². The summed E-state index contributed by atoms with van der Waals surface area (Å²) in [7, 11) is 0. The predicted octanol–water partition coefficient (Wildman–Crippen LogP) is 5.20. The maximum atomic E-state index is 13.3. The molecule has 1 atom stereocenters. The summed E-state index contributed by atoms with van der Waals surface area (Å²) in [6.07, 6.45) is 1.43. The van der Waals surface area contributed by atoms with Crippen LogP contribution in [-0.2, 0) is 14.4 Å². The highest BCUT2D eigenvalue weighted by molar-refractivity contribution is 6.47. The van der Waals surface area contributed by atoms with E-state index in [1.165, 1.54) is 23.1 Å². The Hall–Kier alpha value is -2.90. The SMILES string of the molecule is O=C(O)CCCCCN1C(=O)C(=O)C(=C(O)c2ccc(F)cc2)C1c1ccc(Cl)cc1Cl. The van der Waals surface area contributed by atoms with Crippen LogP contribution in [-0.4, -0.2) is 39.3 Å². The summed E-state index contributed by atoms with van der Waals surface area (Å²) in [5, 5.41) is 20.2. The number of benzene rings is 2. The molecule has 1 aliphatic rings. The van der Waals surface area contributed by atoms with Crippen LogP contribution in [0, 0.1) is 5.82 Å². The summed E-state index contributed by atoms with van der Waals surface area (Å²) in [6, 6.07) is 8.54. The van der Waals surface area contributed by atoms with Gasteiger partial charge in [0.1, 0.15) is 11.6 Å². The zero-order valence-corrected chi connectivity index (χ0v) is 18.4. The number of rotatable bonds is 8. The van der Waals surface area contributed by atoms with Gasteiger partial charge in [-0.25, -0.2) is 4.39 Å². The van der Waals surface area contributed by atoms with Crippen molar-refractivity contribution in [2.45, 2.75) is 31.7 Å². The van der Waals surface area contributed by atoms with Crippen molar-refractivity contribution in [3.05, 3.63) is 75.0 Å². The van der Waals surface area contributed by atoms with Gasteiger partial charge < -0.3 is 15.1 Å². The number of nitrogens with zero attached hydrogens (tertiary/aromatic N) is 1. The quantitative estimate of drug-likeness (QED) is 0.235. The van der Waals surface area contributed by atoms with Gasteiger partial charge in [0.2, 0.25) is 0 Å². The maximum Gasteiger partial charge on any atom is 0.303 e. The second-order valence-electron chi connectivity index (χ2n) is 7.37. The number of aliphatic hydroxyl groups excluding tert-OH is 1. The first kappa shape index (κ1) is 23.8. The molecule has 1 unspecified atom stereocenters. The Bertz CT molecular complexity index is 1080. The lowest BCUT2D eigenvalue weighted by atomic mass is 9.95. The number of likely N-dealkylation sites (tertiary alicyclic amines) is 1. The van der Waals surface area contributed by atoms with E-state index in [-0.39, 0.29) is 29.1 Å². The minimum absolute atomic E-state index is 0.00975. The number of carboxylic acids is 1. The summed E-state index contributed by atoms with van der Waals surface area (Å²) in [5.74, 6) is -3.54. The number of amides is 1. The standard InChI is InChI=1S/C23H20Cl2FNO5/c24-14-7-10-16(17(25)12-14)20-19(21(30)13-5-8-15(26)9-6-13)22(31)23(32)27(20)11-3-1-2-4-18(28)29/h5-10,12,20,30H,1-4,11H2,(H,28,29). The molecular weight excluding hydrogens is 460 g/mol. The lowest BCUT2D eigenvalue weighted by Gasteiger charge is -2.26. The van der Waals surface area contributed by atoms with Crippen molar-refractivity contribution < 1.29 is 29.0 Å². The molecule has 3 rings (SSSR count). The molecule has 2 aromatic rings. The third-order valence-electron chi connectivity index (χ3n) is 5.20. The Morgan fingerprint density at radius 1 is 1.00 bits per heavy atom. The van der Waals surface area contributed by atoms with E-state index in [0.717, 1.165) is 12.1 Å². The zero-order chi connectivity index (χ0) is 23.4. The smallest absolute Gasteiger partial charge is 0.303 e. The van der Waals surface area contributed by atoms with Crippen LogP contribution in [0.15, 0.2) is 48.0 Å². The van der Waals surface area contributed by atoms with Crippen molar-refractivity contribution in [1.29, 1.82) is 0 Å². The van der Waals surface area contributed by atoms with Gasteiger partial charge in [0.05, 0.1) is 11.6 Å². The summed E-state index contributed by atoms with van der Waals surface area (Å²) >= 11 is 12.4. The number of Topliss-reactive ketones (excluding diaryl/α,β-unsaturated/α-hetero) is 1. The molecule has 2 N–H and O–H groups in total. The van der Waals surface area contributed by atoms with Crippen LogP contribution in [0.2, 0.25) is 10.0 Å². The van der Waals surface area contributed by atoms with E-state index >= 15 is 0 Å². The number of carbonyl (C=O) groups is 3. The fourth-order valence-corrected chi connectivity index (χ4v) is 4.17. The third-order valence-corrected chi connectivity index (χ3v) is 5.77. The predicted molar refractivity (Wildman–Crippen MR) is 118 cm³/mol. The van der Waals surface area contributed by atoms with Crippen LogP contribution in [0.4, 0.5) is 4.39 Å². The number of aliphatic carboxylic acids is 1. The number of hydrogen-bond acceptors (Lipinski definition) is 4. The summed E-state index contributed by atoms with van der Waals surface area (Å²) in [6.45, 7) is 0.161. The number of carboxylic acid groups (broad SMARTS) is 1. The Balaban J connectivity index is 2.02. The number of hydrogen-bond donors (Lipinski definition) is 2. The Morgan fingerprint density at radius 2 is 1.69 bits per heavy atom. The van der Waals surface area contributed by atoms with E-state index in [1.54, 1.807) is 12.1 Å². The third kappa shape index (κ3) is 5.11. The van der Waals surface area contributed by atoms with Crippen LogP contribution in [0.3, 0.4) is 0 Å². The highest BCUT2D eigenvalue weighted by Gasteiger charge is 2.46. The highest BCUT2D eigenvalue weighted by atomic mass is 35.5. The fourth-order valence-electron chi connectivity index (χ4n) is 3.66. The van der Waals surface area contributed by atoms with Crippen LogP contribution >= 0.6 is 23.2 Å². The molecule has 6 nitrogen and oxygen atoms in total. The second-order valence-corrected chi connectivity index (χ2v) is 8.21. The van der Waals surface area contributed by atoms with E-state index < -0.39 is 35.3 Å². The van der Waals surface area contributed by atoms with Crippen LogP contribution in [0.25, 0.3) is 5.76 Å². The van der Waals surface area contributed by atoms with Gasteiger partial charge in [-0.05, 0) is 54.8 Å². The summed E-state index contributed by atoms with van der Waals surface area (Å²) < 4.78 is 13.3. The van der Waals surface area contributed by atoms with E-state index in [4.69, 9.17) is 28.3 Å². The molecule has 168 valence electrons. The van der Waals surface area contributed by atoms with Gasteiger partial charge in [-0.3, -0.25) is 14.4 Å². The van der Waals surface area contributed by atoms with Crippen LogP contribution in [0.1, 0.15) is 42.9 Å². The van der Waals surface area contributed by atoms with Crippen molar-refractivity contribution in [3.63, 3.8) is 0 Å². The number of unbranched alkanes of at least 4 members (excludes halogenated alkanes) is 2. The lowest BCUT2D eigenvalue weighted by molar-refractivity contribution is -0.140. The number of halogens is 3. The first-order valence-electron chi connectivity index (χ1n) is 9.91. The molecule has 0 bridgehead atoms. The van der Waals surface area contributed by atoms with Crippen molar-refractivity contribution in [3.8, 4) is 0 Å². The largest absolute Gasteiger partial charge is 0.507 e. The number of ketones is 1. The average Bonchev–Trinajstić information content (AvgIpc) is 2.98. The molecule has 0 saturated carbocycles. The molecule has 1 fully saturated rings.